The predicted molar refractivity (Wildman–Crippen MR) is 39.5 cm³/mol. The maximum atomic E-state index is 10.5. The Balaban J connectivity index is 3.10. The van der Waals surface area contributed by atoms with Gasteiger partial charge >= 0.3 is 73.8 Å². The van der Waals surface area contributed by atoms with E-state index in [1.807, 2.05) is 0 Å². The minimum atomic E-state index is -1.56. The van der Waals surface area contributed by atoms with Crippen LogP contribution in [0.2, 0.25) is 0 Å². The van der Waals surface area contributed by atoms with Crippen LogP contribution in [0.4, 0.5) is 0 Å². The maximum absolute atomic E-state index is 10.5. The predicted octanol–water partition coefficient (Wildman–Crippen LogP) is 0.0598. The summed E-state index contributed by atoms with van der Waals surface area (Å²) in [7, 11) is 0. The van der Waals surface area contributed by atoms with Crippen molar-refractivity contribution in [1.82, 2.24) is 0 Å². The van der Waals surface area contributed by atoms with Crippen LogP contribution in [0, 0.1) is 0 Å². The van der Waals surface area contributed by atoms with Crippen LogP contribution in [-0.4, -0.2) is 32.7 Å². The Bertz CT molecular complexity index is 295. The molecule has 0 radical (unpaired) electrons. The van der Waals surface area contributed by atoms with Crippen LogP contribution in [0.15, 0.2) is 24.3 Å². The van der Waals surface area contributed by atoms with Gasteiger partial charge in [0.25, 0.3) is 0 Å². The normalized spacial score (nSPS) is 9.09. The monoisotopic (exact) mass is 258 g/mol. The Morgan fingerprint density at radius 1 is 1.45 bits per heavy atom. The zero-order valence-corrected chi connectivity index (χ0v) is 8.07. The van der Waals surface area contributed by atoms with Gasteiger partial charge < -0.3 is 0 Å². The molecule has 0 aliphatic rings. The van der Waals surface area contributed by atoms with Gasteiger partial charge in [0.2, 0.25) is 0 Å². The molecule has 0 saturated carbocycles. The summed E-state index contributed by atoms with van der Waals surface area (Å²) in [5.74, 6) is -0.976. The Morgan fingerprint density at radius 3 is 2.73 bits per heavy atom. The summed E-state index contributed by atoms with van der Waals surface area (Å²) < 4.78 is 11.1. The van der Waals surface area contributed by atoms with Gasteiger partial charge in [-0.05, 0) is 0 Å². The van der Waals surface area contributed by atoms with Crippen molar-refractivity contribution in [1.29, 1.82) is 0 Å². The molecule has 4 heteroatoms. The summed E-state index contributed by atoms with van der Waals surface area (Å²) in [6.07, 6.45) is 0. The molecule has 0 saturated heterocycles. The molecule has 1 aromatic rings. The molecule has 0 aliphatic heterocycles. The summed E-state index contributed by atoms with van der Waals surface area (Å²) in [5.41, 5.74) is 0.203. The first-order valence-corrected chi connectivity index (χ1v) is 5.22. The molecular formula is C7H5O3Sb. The van der Waals surface area contributed by atoms with E-state index in [2.05, 4.69) is 0 Å². The second-order valence-corrected chi connectivity index (χ2v) is 3.94. The topological polar surface area (TPSA) is 54.4 Å². The number of aromatic carboxylic acids is 1. The van der Waals surface area contributed by atoms with E-state index in [4.69, 9.17) is 5.11 Å². The van der Waals surface area contributed by atoms with Gasteiger partial charge in [0, 0.05) is 0 Å². The Kier molecular flexibility index (Phi) is 2.77. The van der Waals surface area contributed by atoms with Gasteiger partial charge in [-0.1, -0.05) is 0 Å². The van der Waals surface area contributed by atoms with Crippen molar-refractivity contribution in [3.63, 3.8) is 0 Å². The summed E-state index contributed by atoms with van der Waals surface area (Å²) in [6.45, 7) is 0. The number of carboxylic acids is 1. The van der Waals surface area contributed by atoms with Crippen LogP contribution in [0.3, 0.4) is 0 Å². The van der Waals surface area contributed by atoms with Gasteiger partial charge in [-0.2, -0.15) is 0 Å². The summed E-state index contributed by atoms with van der Waals surface area (Å²) >= 11 is -1.56. The van der Waals surface area contributed by atoms with Crippen LogP contribution in [0.1, 0.15) is 10.4 Å². The fraction of sp³-hybridized carbons (Fsp3) is 0. The third kappa shape index (κ3) is 2.12. The Hall–Kier alpha value is -0.692. The molecule has 1 N–H and O–H groups in total. The summed E-state index contributed by atoms with van der Waals surface area (Å²) in [6, 6.07) is 6.22. The number of carbonyl (C=O) groups is 1. The number of hydrogen-bond acceptors (Lipinski definition) is 2. The molecule has 0 unspecified atom stereocenters. The van der Waals surface area contributed by atoms with Crippen LogP contribution < -0.4 is 3.51 Å². The van der Waals surface area contributed by atoms with Crippen molar-refractivity contribution in [2.45, 2.75) is 0 Å². The van der Waals surface area contributed by atoms with Gasteiger partial charge in [-0.25, -0.2) is 0 Å². The minimum absolute atomic E-state index is 0.203. The molecule has 56 valence electrons. The van der Waals surface area contributed by atoms with Crippen molar-refractivity contribution in [3.05, 3.63) is 29.8 Å². The standard InChI is InChI=1S/C7H5O2.O.Sb/c8-7(9)6-4-2-1-3-5-6;;/h1-2,4-5H,(H,8,9);;. The van der Waals surface area contributed by atoms with Crippen molar-refractivity contribution in [2.75, 3.05) is 0 Å². The first-order chi connectivity index (χ1) is 5.24. The summed E-state index contributed by atoms with van der Waals surface area (Å²) in [4.78, 5) is 10.4. The van der Waals surface area contributed by atoms with Crippen molar-refractivity contribution >= 4 is 31.1 Å². The average molecular weight is 259 g/mol. The van der Waals surface area contributed by atoms with Crippen LogP contribution >= 0.6 is 0 Å². The van der Waals surface area contributed by atoms with Gasteiger partial charge in [-0.3, -0.25) is 0 Å². The quantitative estimate of drug-likeness (QED) is 0.764. The average Bonchev–Trinajstić information content (AvgIpc) is 2.05. The molecule has 0 heterocycles. The first kappa shape index (κ1) is 8.41. The van der Waals surface area contributed by atoms with E-state index in [9.17, 15) is 7.81 Å². The van der Waals surface area contributed by atoms with Crippen molar-refractivity contribution < 1.29 is 12.9 Å². The SMILES string of the molecule is [O]=[Sb][c]1cccc(C(=O)O)c1. The van der Waals surface area contributed by atoms with Crippen molar-refractivity contribution in [2.24, 2.45) is 0 Å². The second kappa shape index (κ2) is 3.63. The second-order valence-electron chi connectivity index (χ2n) is 1.95. The molecule has 1 aromatic carbocycles. The first-order valence-electron chi connectivity index (χ1n) is 2.91. The fourth-order valence-electron chi connectivity index (χ4n) is 0.696. The molecular weight excluding hydrogens is 254 g/mol. The molecule has 0 aromatic heterocycles. The van der Waals surface area contributed by atoms with Gasteiger partial charge in [-0.15, -0.1) is 0 Å². The van der Waals surface area contributed by atoms with E-state index in [1.165, 1.54) is 12.1 Å². The van der Waals surface area contributed by atoms with Gasteiger partial charge in [0.1, 0.15) is 0 Å². The molecule has 11 heavy (non-hydrogen) atoms. The van der Waals surface area contributed by atoms with E-state index in [-0.39, 0.29) is 5.56 Å². The molecule has 0 amide bonds. The summed E-state index contributed by atoms with van der Waals surface area (Å²) in [5, 5.41) is 8.52. The molecule has 0 bridgehead atoms. The molecule has 0 atom stereocenters. The fourth-order valence-corrected chi connectivity index (χ4v) is 1.66. The molecule has 1 rings (SSSR count). The van der Waals surface area contributed by atoms with Gasteiger partial charge in [0.05, 0.1) is 0 Å². The number of hydrogen-bond donors (Lipinski definition) is 1. The van der Waals surface area contributed by atoms with Gasteiger partial charge in [0.15, 0.2) is 0 Å². The Morgan fingerprint density at radius 2 is 2.18 bits per heavy atom. The van der Waals surface area contributed by atoms with E-state index < -0.39 is 27.6 Å². The van der Waals surface area contributed by atoms with E-state index in [1.54, 1.807) is 12.1 Å². The van der Waals surface area contributed by atoms with Crippen LogP contribution in [-0.2, 0) is 3.02 Å². The Labute approximate surface area is 74.0 Å². The van der Waals surface area contributed by atoms with Crippen LogP contribution in [0.5, 0.6) is 0 Å². The molecule has 0 fully saturated rings. The van der Waals surface area contributed by atoms with E-state index in [0.29, 0.717) is 3.51 Å². The number of carboxylic acid groups (broad SMARTS) is 1. The van der Waals surface area contributed by atoms with Crippen LogP contribution in [0.25, 0.3) is 0 Å². The third-order valence-electron chi connectivity index (χ3n) is 1.20. The molecule has 0 aliphatic carbocycles. The number of rotatable bonds is 2. The van der Waals surface area contributed by atoms with E-state index in [0.717, 1.165) is 0 Å². The zero-order chi connectivity index (χ0) is 8.27. The number of benzene rings is 1. The van der Waals surface area contributed by atoms with Crippen molar-refractivity contribution in [3.8, 4) is 0 Å². The zero-order valence-electron chi connectivity index (χ0n) is 5.52. The van der Waals surface area contributed by atoms with E-state index >= 15 is 0 Å². The third-order valence-corrected chi connectivity index (χ3v) is 2.59. The molecule has 0 spiro atoms. The molecule has 3 nitrogen and oxygen atoms in total.